The summed E-state index contributed by atoms with van der Waals surface area (Å²) in [6, 6.07) is -0.394. The van der Waals surface area contributed by atoms with Gasteiger partial charge in [-0.1, -0.05) is 11.6 Å². The zero-order chi connectivity index (χ0) is 10.1. The number of fused-ring (bicyclic) bond motifs is 1. The van der Waals surface area contributed by atoms with Gasteiger partial charge in [-0.2, -0.15) is 4.99 Å². The van der Waals surface area contributed by atoms with Crippen LogP contribution in [-0.2, 0) is 4.79 Å². The molecule has 0 unspecified atom stereocenters. The third-order valence-electron chi connectivity index (χ3n) is 1.60. The molecule has 1 atom stereocenters. The molecule has 0 aromatic rings. The molecule has 72 valence electrons. The van der Waals surface area contributed by atoms with Crippen LogP contribution in [0.5, 0.6) is 0 Å². The van der Waals surface area contributed by atoms with Crippen molar-refractivity contribution in [1.29, 1.82) is 0 Å². The fourth-order valence-corrected chi connectivity index (χ4v) is 1.30. The minimum absolute atomic E-state index is 0.156. The highest BCUT2D eigenvalue weighted by atomic mass is 35.5. The van der Waals surface area contributed by atoms with Gasteiger partial charge in [-0.3, -0.25) is 15.1 Å². The van der Waals surface area contributed by atoms with Gasteiger partial charge in [-0.25, -0.2) is 9.98 Å². The van der Waals surface area contributed by atoms with Crippen molar-refractivity contribution in [2.75, 3.05) is 0 Å². The van der Waals surface area contributed by atoms with Gasteiger partial charge in [0.1, 0.15) is 11.5 Å². The molecule has 0 radical (unpaired) electrons. The lowest BCUT2D eigenvalue weighted by Gasteiger charge is -2.12. The molecule has 2 heterocycles. The minimum atomic E-state index is -0.394. The second-order valence-corrected chi connectivity index (χ2v) is 3.09. The van der Waals surface area contributed by atoms with Gasteiger partial charge in [-0.15, -0.1) is 0 Å². The number of halogens is 1. The number of amides is 1. The Morgan fingerprint density at radius 3 is 3.07 bits per heavy atom. The molecule has 0 spiro atoms. The maximum absolute atomic E-state index is 10.7. The third kappa shape index (κ3) is 1.56. The summed E-state index contributed by atoms with van der Waals surface area (Å²) in [5.41, 5.74) is 0. The smallest absolute Gasteiger partial charge is 0.232 e. The van der Waals surface area contributed by atoms with Gasteiger partial charge < -0.3 is 0 Å². The summed E-state index contributed by atoms with van der Waals surface area (Å²) >= 11 is 5.82. The van der Waals surface area contributed by atoms with Gasteiger partial charge in [0.15, 0.2) is 11.9 Å². The summed E-state index contributed by atoms with van der Waals surface area (Å²) < 4.78 is 0. The Balaban J connectivity index is 2.26. The van der Waals surface area contributed by atoms with Crippen LogP contribution in [0.4, 0.5) is 0 Å². The molecule has 0 bridgehead atoms. The molecule has 2 rings (SSSR count). The van der Waals surface area contributed by atoms with E-state index in [-0.39, 0.29) is 17.0 Å². The summed E-state index contributed by atoms with van der Waals surface area (Å²) in [6.45, 7) is 1.37. The summed E-state index contributed by atoms with van der Waals surface area (Å²) in [4.78, 5) is 26.4. The van der Waals surface area contributed by atoms with Crippen molar-refractivity contribution in [2.24, 2.45) is 20.0 Å². The van der Waals surface area contributed by atoms with Crippen LogP contribution in [0.15, 0.2) is 20.0 Å². The van der Waals surface area contributed by atoms with Crippen LogP contribution in [0.25, 0.3) is 0 Å². The Morgan fingerprint density at radius 2 is 2.36 bits per heavy atom. The van der Waals surface area contributed by atoms with Crippen LogP contribution < -0.4 is 5.32 Å². The molecule has 0 saturated carbocycles. The van der Waals surface area contributed by atoms with E-state index in [0.29, 0.717) is 5.84 Å². The zero-order valence-electron chi connectivity index (χ0n) is 7.23. The van der Waals surface area contributed by atoms with E-state index in [1.54, 1.807) is 0 Å². The molecule has 6 nitrogen and oxygen atoms in total. The monoisotopic (exact) mass is 211 g/mol. The van der Waals surface area contributed by atoms with Crippen molar-refractivity contribution in [3.8, 4) is 0 Å². The van der Waals surface area contributed by atoms with Crippen LogP contribution >= 0.6 is 11.6 Å². The predicted octanol–water partition coefficient (Wildman–Crippen LogP) is -0.0616. The average molecular weight is 212 g/mol. The number of aliphatic imine (C=N–C) groups is 4. The second-order valence-electron chi connectivity index (χ2n) is 2.71. The van der Waals surface area contributed by atoms with Crippen LogP contribution in [0.2, 0.25) is 0 Å². The Hall–Kier alpha value is -1.56. The van der Waals surface area contributed by atoms with Crippen LogP contribution in [0.1, 0.15) is 6.92 Å². The van der Waals surface area contributed by atoms with Crippen LogP contribution in [0.3, 0.4) is 0 Å². The Morgan fingerprint density at radius 1 is 1.57 bits per heavy atom. The molecule has 2 aliphatic rings. The number of hydrogen-bond acceptors (Lipinski definition) is 5. The molecule has 2 aliphatic heterocycles. The maximum atomic E-state index is 10.7. The minimum Gasteiger partial charge on any atom is -0.295 e. The van der Waals surface area contributed by atoms with Crippen molar-refractivity contribution < 1.29 is 4.79 Å². The van der Waals surface area contributed by atoms with E-state index < -0.39 is 6.04 Å². The van der Waals surface area contributed by atoms with Gasteiger partial charge in [0, 0.05) is 6.92 Å². The number of rotatable bonds is 0. The first kappa shape index (κ1) is 9.01. The number of carbonyl (C=O) groups excluding carboxylic acids is 1. The van der Waals surface area contributed by atoms with Crippen molar-refractivity contribution >= 4 is 40.8 Å². The first-order chi connectivity index (χ1) is 6.66. The van der Waals surface area contributed by atoms with E-state index in [9.17, 15) is 4.79 Å². The average Bonchev–Trinajstić information content (AvgIpc) is 2.50. The normalized spacial score (nSPS) is 23.6. The number of nitrogens with one attached hydrogen (secondary N) is 1. The molecule has 0 aromatic carbocycles. The molecule has 1 N–H and O–H groups in total. The summed E-state index contributed by atoms with van der Waals surface area (Å²) in [5, 5.41) is 2.69. The molecular formula is C7H6ClN5O. The number of carbonyl (C=O) groups is 1. The van der Waals surface area contributed by atoms with E-state index >= 15 is 0 Å². The number of amidine groups is 1. The van der Waals surface area contributed by atoms with Crippen LogP contribution in [0, 0.1) is 0 Å². The van der Waals surface area contributed by atoms with Crippen molar-refractivity contribution in [3.05, 3.63) is 0 Å². The molecule has 14 heavy (non-hydrogen) atoms. The van der Waals surface area contributed by atoms with Gasteiger partial charge in [-0.05, 0) is 0 Å². The summed E-state index contributed by atoms with van der Waals surface area (Å²) in [6.07, 6.45) is 1.37. The standard InChI is InChI=1S/C7H6ClN5O/c1-3(14)11-7-12-5(8)4-6(13-7)10-2-9-4/h2,4H,1H3,(H,9,10,11,13,14)/t4-/m1/s1. The quantitative estimate of drug-likeness (QED) is 0.599. The SMILES string of the molecule is CC(=O)NC1=NC2=NC=N[C@@H]2C(Cl)=N1. The number of hydrogen-bond donors (Lipinski definition) is 1. The third-order valence-corrected chi connectivity index (χ3v) is 1.89. The highest BCUT2D eigenvalue weighted by Gasteiger charge is 2.27. The van der Waals surface area contributed by atoms with Gasteiger partial charge >= 0.3 is 0 Å². The first-order valence-electron chi connectivity index (χ1n) is 3.86. The Labute approximate surface area is 84.5 Å². The number of nitrogens with zero attached hydrogens (tertiary/aromatic N) is 4. The van der Waals surface area contributed by atoms with E-state index in [1.807, 2.05) is 0 Å². The topological polar surface area (TPSA) is 78.5 Å². The van der Waals surface area contributed by atoms with E-state index in [1.165, 1.54) is 13.3 Å². The molecule has 1 amide bonds. The molecule has 0 fully saturated rings. The number of guanidine groups is 1. The molecular weight excluding hydrogens is 206 g/mol. The van der Waals surface area contributed by atoms with Crippen molar-refractivity contribution in [1.82, 2.24) is 5.32 Å². The van der Waals surface area contributed by atoms with Crippen molar-refractivity contribution in [3.63, 3.8) is 0 Å². The van der Waals surface area contributed by atoms with Gasteiger partial charge in [0.25, 0.3) is 0 Å². The summed E-state index contributed by atoms with van der Waals surface area (Å²) in [5.74, 6) is 0.353. The molecule has 7 heteroatoms. The summed E-state index contributed by atoms with van der Waals surface area (Å²) in [7, 11) is 0. The van der Waals surface area contributed by atoms with Crippen LogP contribution in [-0.4, -0.2) is 35.3 Å². The highest BCUT2D eigenvalue weighted by molar-refractivity contribution is 6.70. The Bertz CT molecular complexity index is 408. The predicted molar refractivity (Wildman–Crippen MR) is 54.3 cm³/mol. The fraction of sp³-hybridized carbons (Fsp3) is 0.286. The van der Waals surface area contributed by atoms with Crippen molar-refractivity contribution in [2.45, 2.75) is 13.0 Å². The lowest BCUT2D eigenvalue weighted by atomic mass is 10.3. The molecule has 0 aromatic heterocycles. The Kier molecular flexibility index (Phi) is 2.12. The van der Waals surface area contributed by atoms with Gasteiger partial charge in [0.2, 0.25) is 11.9 Å². The largest absolute Gasteiger partial charge is 0.295 e. The lowest BCUT2D eigenvalue weighted by molar-refractivity contribution is -0.117. The van der Waals surface area contributed by atoms with Gasteiger partial charge in [0.05, 0.1) is 0 Å². The molecule has 0 saturated heterocycles. The highest BCUT2D eigenvalue weighted by Crippen LogP contribution is 2.12. The van der Waals surface area contributed by atoms with E-state index in [4.69, 9.17) is 11.6 Å². The van der Waals surface area contributed by atoms with E-state index in [2.05, 4.69) is 25.3 Å². The second kappa shape index (κ2) is 3.30. The van der Waals surface area contributed by atoms with E-state index in [0.717, 1.165) is 0 Å². The first-order valence-corrected chi connectivity index (χ1v) is 4.24. The molecule has 0 aliphatic carbocycles. The lowest BCUT2D eigenvalue weighted by Crippen LogP contribution is -2.35. The fourth-order valence-electron chi connectivity index (χ4n) is 1.06. The maximum Gasteiger partial charge on any atom is 0.232 e. The zero-order valence-corrected chi connectivity index (χ0v) is 7.99.